The highest BCUT2D eigenvalue weighted by molar-refractivity contribution is 7.73. The van der Waals surface area contributed by atoms with E-state index in [2.05, 4.69) is 0 Å². The SMILES string of the molecule is CCCC(OC(=O)C=Cc1ccc(O)c(OC)c1)[SH](=O)=O. The molecule has 1 unspecified atom stereocenters. The Morgan fingerprint density at radius 2 is 2.14 bits per heavy atom. The van der Waals surface area contributed by atoms with Crippen molar-refractivity contribution in [2.45, 2.75) is 25.2 Å². The van der Waals surface area contributed by atoms with Gasteiger partial charge in [-0.25, -0.2) is 13.2 Å². The van der Waals surface area contributed by atoms with E-state index in [9.17, 15) is 18.3 Å². The molecule has 1 atom stereocenters. The summed E-state index contributed by atoms with van der Waals surface area (Å²) in [6.07, 6.45) is 3.45. The van der Waals surface area contributed by atoms with Crippen LogP contribution in [0.3, 0.4) is 0 Å². The van der Waals surface area contributed by atoms with Gasteiger partial charge in [0.15, 0.2) is 27.6 Å². The van der Waals surface area contributed by atoms with E-state index < -0.39 is 22.1 Å². The molecule has 21 heavy (non-hydrogen) atoms. The van der Waals surface area contributed by atoms with Crippen LogP contribution in [0.25, 0.3) is 6.08 Å². The van der Waals surface area contributed by atoms with Crippen LogP contribution in [0.2, 0.25) is 0 Å². The van der Waals surface area contributed by atoms with E-state index in [0.717, 1.165) is 6.08 Å². The zero-order valence-corrected chi connectivity index (χ0v) is 12.7. The molecule has 6 nitrogen and oxygen atoms in total. The smallest absolute Gasteiger partial charge is 0.332 e. The minimum atomic E-state index is -2.81. The Balaban J connectivity index is 2.73. The standard InChI is InChI=1S/C14H18O6S/c1-3-4-14(21(17)18)20-13(16)8-6-10-5-7-11(15)12(9-10)19-2/h5-9,14-15,21H,3-4H2,1-2H3. The van der Waals surface area contributed by atoms with Crippen LogP contribution in [0.15, 0.2) is 24.3 Å². The second-order valence-electron chi connectivity index (χ2n) is 4.23. The number of thiol groups is 1. The highest BCUT2D eigenvalue weighted by atomic mass is 32.2. The van der Waals surface area contributed by atoms with Crippen molar-refractivity contribution < 1.29 is 27.8 Å². The van der Waals surface area contributed by atoms with Crippen LogP contribution < -0.4 is 4.74 Å². The van der Waals surface area contributed by atoms with Gasteiger partial charge in [-0.15, -0.1) is 0 Å². The average Bonchev–Trinajstić information content (AvgIpc) is 2.45. The zero-order valence-electron chi connectivity index (χ0n) is 11.8. The fourth-order valence-electron chi connectivity index (χ4n) is 1.59. The van der Waals surface area contributed by atoms with Crippen LogP contribution in [0.4, 0.5) is 0 Å². The quantitative estimate of drug-likeness (QED) is 0.452. The number of hydrogen-bond acceptors (Lipinski definition) is 6. The van der Waals surface area contributed by atoms with Crippen molar-refractivity contribution in [3.8, 4) is 11.5 Å². The lowest BCUT2D eigenvalue weighted by Gasteiger charge is -2.09. The summed E-state index contributed by atoms with van der Waals surface area (Å²) in [5.41, 5.74) is -0.489. The summed E-state index contributed by atoms with van der Waals surface area (Å²) >= 11 is 0. The number of phenolic OH excluding ortho intramolecular Hbond substituents is 1. The molecule has 1 N–H and O–H groups in total. The molecule has 0 saturated carbocycles. The molecule has 0 radical (unpaired) electrons. The van der Waals surface area contributed by atoms with Gasteiger partial charge in [-0.05, 0) is 30.2 Å². The lowest BCUT2D eigenvalue weighted by atomic mass is 10.2. The molecule has 1 aromatic carbocycles. The Morgan fingerprint density at radius 1 is 1.43 bits per heavy atom. The molecule has 0 aromatic heterocycles. The summed E-state index contributed by atoms with van der Waals surface area (Å²) in [7, 11) is -1.40. The summed E-state index contributed by atoms with van der Waals surface area (Å²) in [6, 6.07) is 4.55. The molecule has 0 fully saturated rings. The molecular weight excluding hydrogens is 296 g/mol. The van der Waals surface area contributed by atoms with Gasteiger partial charge in [0.2, 0.25) is 0 Å². The third-order valence-electron chi connectivity index (χ3n) is 2.64. The Hall–Kier alpha value is -2.02. The molecule has 0 saturated heterocycles. The van der Waals surface area contributed by atoms with Crippen molar-refractivity contribution in [3.05, 3.63) is 29.8 Å². The van der Waals surface area contributed by atoms with E-state index in [1.165, 1.54) is 25.3 Å². The number of carbonyl (C=O) groups is 1. The fraction of sp³-hybridized carbons (Fsp3) is 0.357. The van der Waals surface area contributed by atoms with Crippen LogP contribution in [0.5, 0.6) is 11.5 Å². The second-order valence-corrected chi connectivity index (χ2v) is 5.38. The predicted molar refractivity (Wildman–Crippen MR) is 78.8 cm³/mol. The highest BCUT2D eigenvalue weighted by Crippen LogP contribution is 2.26. The maximum Gasteiger partial charge on any atom is 0.332 e. The van der Waals surface area contributed by atoms with Crippen LogP contribution in [-0.4, -0.2) is 32.0 Å². The molecule has 0 aliphatic rings. The monoisotopic (exact) mass is 314 g/mol. The number of phenols is 1. The van der Waals surface area contributed by atoms with E-state index in [1.807, 2.05) is 0 Å². The van der Waals surface area contributed by atoms with Gasteiger partial charge in [0, 0.05) is 6.08 Å². The summed E-state index contributed by atoms with van der Waals surface area (Å²) in [6.45, 7) is 1.80. The fourth-order valence-corrected chi connectivity index (χ4v) is 2.25. The number of hydrogen-bond donors (Lipinski definition) is 2. The third kappa shape index (κ3) is 5.47. The first kappa shape index (κ1) is 17.0. The molecule has 0 aliphatic heterocycles. The van der Waals surface area contributed by atoms with Crippen molar-refractivity contribution in [1.29, 1.82) is 0 Å². The molecule has 116 valence electrons. The van der Waals surface area contributed by atoms with Gasteiger partial charge in [-0.1, -0.05) is 19.4 Å². The van der Waals surface area contributed by atoms with Crippen LogP contribution in [-0.2, 0) is 20.2 Å². The molecule has 7 heteroatoms. The number of carbonyl (C=O) groups excluding carboxylic acids is 1. The number of ether oxygens (including phenoxy) is 2. The van der Waals surface area contributed by atoms with E-state index >= 15 is 0 Å². The molecule has 0 heterocycles. The first-order valence-electron chi connectivity index (χ1n) is 6.37. The van der Waals surface area contributed by atoms with Gasteiger partial charge in [0.05, 0.1) is 7.11 Å². The first-order chi connectivity index (χ1) is 9.97. The lowest BCUT2D eigenvalue weighted by molar-refractivity contribution is -0.139. The second kappa shape index (κ2) is 8.31. The maximum absolute atomic E-state index is 11.6. The van der Waals surface area contributed by atoms with Crippen molar-refractivity contribution >= 4 is 22.7 Å². The molecule has 0 bridgehead atoms. The topological polar surface area (TPSA) is 89.9 Å². The number of aromatic hydroxyl groups is 1. The van der Waals surface area contributed by atoms with Crippen LogP contribution in [0.1, 0.15) is 25.3 Å². The van der Waals surface area contributed by atoms with Gasteiger partial charge in [-0.3, -0.25) is 0 Å². The molecule has 0 spiro atoms. The lowest BCUT2D eigenvalue weighted by Crippen LogP contribution is -2.18. The number of benzene rings is 1. The minimum absolute atomic E-state index is 0.0106. The maximum atomic E-state index is 11.6. The summed E-state index contributed by atoms with van der Waals surface area (Å²) < 4.78 is 31.6. The van der Waals surface area contributed by atoms with Crippen LogP contribution in [0, 0.1) is 0 Å². The van der Waals surface area contributed by atoms with E-state index in [-0.39, 0.29) is 17.9 Å². The Kier molecular flexibility index (Phi) is 6.74. The van der Waals surface area contributed by atoms with Crippen molar-refractivity contribution in [1.82, 2.24) is 0 Å². The zero-order chi connectivity index (χ0) is 15.8. The number of methoxy groups -OCH3 is 1. The van der Waals surface area contributed by atoms with E-state index in [1.54, 1.807) is 13.0 Å². The van der Waals surface area contributed by atoms with Gasteiger partial charge >= 0.3 is 5.97 Å². The summed E-state index contributed by atoms with van der Waals surface area (Å²) in [5.74, 6) is -0.472. The highest BCUT2D eigenvalue weighted by Gasteiger charge is 2.14. The Labute approximate surface area is 125 Å². The van der Waals surface area contributed by atoms with Crippen molar-refractivity contribution in [2.24, 2.45) is 0 Å². The molecular formula is C14H18O6S. The Morgan fingerprint density at radius 3 is 2.71 bits per heavy atom. The largest absolute Gasteiger partial charge is 0.504 e. The van der Waals surface area contributed by atoms with Gasteiger partial charge < -0.3 is 14.6 Å². The first-order valence-corrected chi connectivity index (χ1v) is 7.61. The van der Waals surface area contributed by atoms with Crippen LogP contribution >= 0.6 is 0 Å². The van der Waals surface area contributed by atoms with Gasteiger partial charge in [0.25, 0.3) is 0 Å². The molecule has 0 aliphatic carbocycles. The number of rotatable bonds is 7. The van der Waals surface area contributed by atoms with E-state index in [0.29, 0.717) is 12.0 Å². The third-order valence-corrected chi connectivity index (χ3v) is 3.47. The normalized spacial score (nSPS) is 12.5. The van der Waals surface area contributed by atoms with Crippen molar-refractivity contribution in [3.63, 3.8) is 0 Å². The molecule has 1 aromatic rings. The van der Waals surface area contributed by atoms with Crippen molar-refractivity contribution in [2.75, 3.05) is 7.11 Å². The van der Waals surface area contributed by atoms with E-state index in [4.69, 9.17) is 9.47 Å². The number of esters is 1. The molecule has 1 rings (SSSR count). The van der Waals surface area contributed by atoms with Gasteiger partial charge in [0.1, 0.15) is 0 Å². The summed E-state index contributed by atoms with van der Waals surface area (Å²) in [4.78, 5) is 11.6. The average molecular weight is 314 g/mol. The predicted octanol–water partition coefficient (Wildman–Crippen LogP) is 1.69. The minimum Gasteiger partial charge on any atom is -0.504 e. The van der Waals surface area contributed by atoms with Gasteiger partial charge in [-0.2, -0.15) is 0 Å². The summed E-state index contributed by atoms with van der Waals surface area (Å²) in [5, 5.41) is 9.44. The molecule has 0 amide bonds. The Bertz CT molecular complexity index is 583.